The molecule has 1 N–H and O–H groups in total. The van der Waals surface area contributed by atoms with Crippen molar-refractivity contribution in [1.29, 1.82) is 0 Å². The van der Waals surface area contributed by atoms with Gasteiger partial charge in [0.2, 0.25) is 11.8 Å². The van der Waals surface area contributed by atoms with Crippen molar-refractivity contribution in [3.8, 4) is 21.1 Å². The number of benzene rings is 2. The van der Waals surface area contributed by atoms with E-state index >= 15 is 0 Å². The molecule has 0 fully saturated rings. The number of amides is 2. The summed E-state index contributed by atoms with van der Waals surface area (Å²) in [6.45, 7) is 1.98. The molecule has 4 aromatic rings. The monoisotopic (exact) mass is 461 g/mol. The second kappa shape index (κ2) is 9.89. The zero-order chi connectivity index (χ0) is 22.5. The number of hydrogen-bond donors (Lipinski definition) is 1. The molecule has 0 radical (unpaired) electrons. The maximum Gasteiger partial charge on any atom is 0.243 e. The Kier molecular flexibility index (Phi) is 6.78. The number of nitrogens with zero attached hydrogens (tertiary/aromatic N) is 2. The number of carbonyl (C=O) groups excluding carboxylic acids is 2. The van der Waals surface area contributed by atoms with Crippen molar-refractivity contribution in [3.05, 3.63) is 82.6 Å². The number of likely N-dealkylation sites (N-methyl/N-ethyl adjacent to an activating group) is 1. The fourth-order valence-corrected chi connectivity index (χ4v) is 5.07. The minimum atomic E-state index is -0.225. The van der Waals surface area contributed by atoms with Gasteiger partial charge in [-0.15, -0.1) is 22.7 Å². The van der Waals surface area contributed by atoms with Gasteiger partial charge in [-0.2, -0.15) is 0 Å². The molecule has 0 atom stereocenters. The molecule has 0 unspecified atom stereocenters. The first-order chi connectivity index (χ1) is 15.5. The Balaban J connectivity index is 1.47. The van der Waals surface area contributed by atoms with Crippen molar-refractivity contribution in [2.24, 2.45) is 0 Å². The minimum absolute atomic E-state index is 0.00854. The highest BCUT2D eigenvalue weighted by atomic mass is 32.1. The largest absolute Gasteiger partial charge is 0.336 e. The highest BCUT2D eigenvalue weighted by Crippen LogP contribution is 2.36. The first-order valence-corrected chi connectivity index (χ1v) is 11.9. The van der Waals surface area contributed by atoms with E-state index in [1.807, 2.05) is 79.0 Å². The number of thiophene rings is 1. The summed E-state index contributed by atoms with van der Waals surface area (Å²) in [6.07, 6.45) is 0.200. The number of anilines is 1. The second-order valence-corrected chi connectivity index (χ2v) is 9.51. The third-order valence-electron chi connectivity index (χ3n) is 4.93. The first-order valence-electron chi connectivity index (χ1n) is 10.2. The van der Waals surface area contributed by atoms with Gasteiger partial charge < -0.3 is 10.2 Å². The molecule has 0 saturated heterocycles. The van der Waals surface area contributed by atoms with Crippen molar-refractivity contribution in [2.75, 3.05) is 18.9 Å². The van der Waals surface area contributed by atoms with Crippen LogP contribution in [0.5, 0.6) is 0 Å². The zero-order valence-corrected chi connectivity index (χ0v) is 19.5. The van der Waals surface area contributed by atoms with Gasteiger partial charge in [-0.1, -0.05) is 54.1 Å². The average Bonchev–Trinajstić information content (AvgIpc) is 3.46. The number of hydrogen-bond acceptors (Lipinski definition) is 5. The van der Waals surface area contributed by atoms with Gasteiger partial charge in [0.1, 0.15) is 5.01 Å². The van der Waals surface area contributed by atoms with Crippen molar-refractivity contribution in [3.63, 3.8) is 0 Å². The summed E-state index contributed by atoms with van der Waals surface area (Å²) in [7, 11) is 1.65. The molecule has 4 rings (SSSR count). The summed E-state index contributed by atoms with van der Waals surface area (Å²) in [5, 5.41) is 5.73. The summed E-state index contributed by atoms with van der Waals surface area (Å²) in [6, 6.07) is 21.5. The maximum atomic E-state index is 12.9. The highest BCUT2D eigenvalue weighted by molar-refractivity contribution is 7.17. The number of aromatic nitrogens is 1. The second-order valence-electron chi connectivity index (χ2n) is 7.47. The summed E-state index contributed by atoms with van der Waals surface area (Å²) in [5.41, 5.74) is 3.71. The SMILES string of the molecule is Cc1ccc(NC(=O)CN(C)C(=O)Cc2sc(-c3ccccc3)nc2-c2cccs2)cc1. The summed E-state index contributed by atoms with van der Waals surface area (Å²) in [5.74, 6) is -0.345. The van der Waals surface area contributed by atoms with Crippen LogP contribution in [0.2, 0.25) is 0 Å². The van der Waals surface area contributed by atoms with E-state index < -0.39 is 0 Å². The van der Waals surface area contributed by atoms with E-state index in [1.54, 1.807) is 18.4 Å². The smallest absolute Gasteiger partial charge is 0.243 e. The van der Waals surface area contributed by atoms with E-state index in [2.05, 4.69) is 5.32 Å². The number of aryl methyl sites for hydroxylation is 1. The topological polar surface area (TPSA) is 62.3 Å². The molecule has 162 valence electrons. The Morgan fingerprint density at radius 2 is 1.75 bits per heavy atom. The summed E-state index contributed by atoms with van der Waals surface area (Å²) < 4.78 is 0. The Morgan fingerprint density at radius 1 is 1.00 bits per heavy atom. The molecular weight excluding hydrogens is 438 g/mol. The van der Waals surface area contributed by atoms with Crippen molar-refractivity contribution in [2.45, 2.75) is 13.3 Å². The number of thiazole rings is 1. The van der Waals surface area contributed by atoms with Crippen LogP contribution in [0.3, 0.4) is 0 Å². The number of rotatable bonds is 7. The summed E-state index contributed by atoms with van der Waals surface area (Å²) >= 11 is 3.13. The molecule has 2 heterocycles. The third kappa shape index (κ3) is 5.30. The lowest BCUT2D eigenvalue weighted by Gasteiger charge is -2.16. The van der Waals surface area contributed by atoms with E-state index in [-0.39, 0.29) is 24.8 Å². The molecule has 32 heavy (non-hydrogen) atoms. The average molecular weight is 462 g/mol. The predicted molar refractivity (Wildman–Crippen MR) is 132 cm³/mol. The molecule has 0 aliphatic rings. The van der Waals surface area contributed by atoms with Crippen LogP contribution in [0.1, 0.15) is 10.4 Å². The van der Waals surface area contributed by atoms with Crippen LogP contribution < -0.4 is 5.32 Å². The maximum absolute atomic E-state index is 12.9. The standard InChI is InChI=1S/C25H23N3O2S2/c1-17-10-12-19(13-11-17)26-22(29)16-28(2)23(30)15-21-24(20-9-6-14-31-20)27-25(32-21)18-7-4-3-5-8-18/h3-14H,15-16H2,1-2H3,(H,26,29). The van der Waals surface area contributed by atoms with E-state index in [1.165, 1.54) is 16.2 Å². The van der Waals surface area contributed by atoms with Gasteiger partial charge in [0.15, 0.2) is 0 Å². The molecule has 5 nitrogen and oxygen atoms in total. The molecule has 0 saturated carbocycles. The normalized spacial score (nSPS) is 10.7. The van der Waals surface area contributed by atoms with Crippen LogP contribution in [0.25, 0.3) is 21.1 Å². The lowest BCUT2D eigenvalue weighted by atomic mass is 10.2. The Labute approximate surface area is 195 Å². The summed E-state index contributed by atoms with van der Waals surface area (Å²) in [4.78, 5) is 33.6. The molecule has 0 aliphatic heterocycles. The third-order valence-corrected chi connectivity index (χ3v) is 6.91. The van der Waals surface area contributed by atoms with Crippen LogP contribution >= 0.6 is 22.7 Å². The van der Waals surface area contributed by atoms with Gasteiger partial charge in [0.05, 0.1) is 23.5 Å². The number of nitrogens with one attached hydrogen (secondary N) is 1. The highest BCUT2D eigenvalue weighted by Gasteiger charge is 2.20. The fraction of sp³-hybridized carbons (Fsp3) is 0.160. The van der Waals surface area contributed by atoms with E-state index in [4.69, 9.17) is 4.98 Å². The van der Waals surface area contributed by atoms with Gasteiger partial charge in [0, 0.05) is 23.2 Å². The Morgan fingerprint density at radius 3 is 2.44 bits per heavy atom. The van der Waals surface area contributed by atoms with Gasteiger partial charge in [-0.05, 0) is 30.5 Å². The Bertz CT molecular complexity index is 1200. The van der Waals surface area contributed by atoms with E-state index in [0.29, 0.717) is 0 Å². The van der Waals surface area contributed by atoms with Crippen LogP contribution in [-0.4, -0.2) is 35.3 Å². The fourth-order valence-electron chi connectivity index (χ4n) is 3.19. The molecule has 2 aromatic heterocycles. The van der Waals surface area contributed by atoms with E-state index in [0.717, 1.165) is 37.3 Å². The lowest BCUT2D eigenvalue weighted by molar-refractivity contribution is -0.132. The Hall–Kier alpha value is -3.29. The van der Waals surface area contributed by atoms with Gasteiger partial charge in [-0.25, -0.2) is 4.98 Å². The molecule has 0 spiro atoms. The zero-order valence-electron chi connectivity index (χ0n) is 17.9. The molecule has 0 bridgehead atoms. The predicted octanol–water partition coefficient (Wildman–Crippen LogP) is 5.49. The van der Waals surface area contributed by atoms with E-state index in [9.17, 15) is 9.59 Å². The number of carbonyl (C=O) groups is 2. The molecule has 2 amide bonds. The van der Waals surface area contributed by atoms with Crippen LogP contribution in [0, 0.1) is 6.92 Å². The minimum Gasteiger partial charge on any atom is -0.336 e. The molecule has 7 heteroatoms. The quantitative estimate of drug-likeness (QED) is 0.396. The molecule has 0 aliphatic carbocycles. The van der Waals surface area contributed by atoms with Crippen molar-refractivity contribution >= 4 is 40.2 Å². The van der Waals surface area contributed by atoms with Gasteiger partial charge in [-0.3, -0.25) is 9.59 Å². The van der Waals surface area contributed by atoms with Crippen molar-refractivity contribution < 1.29 is 9.59 Å². The van der Waals surface area contributed by atoms with Crippen LogP contribution in [0.15, 0.2) is 72.1 Å². The van der Waals surface area contributed by atoms with Gasteiger partial charge in [0.25, 0.3) is 0 Å². The van der Waals surface area contributed by atoms with Crippen LogP contribution in [-0.2, 0) is 16.0 Å². The molecule has 2 aromatic carbocycles. The first kappa shape index (κ1) is 21.9. The molecular formula is C25H23N3O2S2. The van der Waals surface area contributed by atoms with Gasteiger partial charge >= 0.3 is 0 Å². The lowest BCUT2D eigenvalue weighted by Crippen LogP contribution is -2.35. The van der Waals surface area contributed by atoms with Crippen molar-refractivity contribution in [1.82, 2.24) is 9.88 Å². The van der Waals surface area contributed by atoms with Crippen LogP contribution in [0.4, 0.5) is 5.69 Å².